The molecule has 22 heavy (non-hydrogen) atoms. The first-order chi connectivity index (χ1) is 10.4. The molecular formula is C15H21N3O4. The molecule has 2 heterocycles. The van der Waals surface area contributed by atoms with Crippen LogP contribution in [-0.4, -0.2) is 24.9 Å². The standard InChI is InChI=1S/C15H21N3O4/c1-15(2,3)12-8-13(18-22-12)17-14(19)16-10(9-20-4)11-6-5-7-21-11/h5-8,10H,9H2,1-4H3,(H2,16,17,18,19)/t10-/m1/s1. The minimum atomic E-state index is -0.410. The maximum Gasteiger partial charge on any atom is 0.321 e. The summed E-state index contributed by atoms with van der Waals surface area (Å²) in [6.45, 7) is 6.31. The number of rotatable bonds is 5. The molecule has 1 atom stereocenters. The molecule has 0 fully saturated rings. The van der Waals surface area contributed by atoms with Crippen LogP contribution in [0.15, 0.2) is 33.4 Å². The summed E-state index contributed by atoms with van der Waals surface area (Å²) in [5.41, 5.74) is -0.170. The number of carbonyl (C=O) groups is 1. The highest BCUT2D eigenvalue weighted by Gasteiger charge is 2.21. The minimum Gasteiger partial charge on any atom is -0.467 e. The third kappa shape index (κ3) is 4.11. The summed E-state index contributed by atoms with van der Waals surface area (Å²) in [5.74, 6) is 1.67. The summed E-state index contributed by atoms with van der Waals surface area (Å²) in [5, 5.41) is 9.24. The number of aromatic nitrogens is 1. The van der Waals surface area contributed by atoms with Crippen molar-refractivity contribution in [2.24, 2.45) is 0 Å². The van der Waals surface area contributed by atoms with E-state index in [0.29, 0.717) is 23.9 Å². The number of hydrogen-bond donors (Lipinski definition) is 2. The smallest absolute Gasteiger partial charge is 0.321 e. The van der Waals surface area contributed by atoms with Gasteiger partial charge in [0, 0.05) is 18.6 Å². The first kappa shape index (κ1) is 16.1. The number of furan rings is 1. The Bertz CT molecular complexity index is 599. The number of amides is 2. The Morgan fingerprint density at radius 3 is 2.77 bits per heavy atom. The highest BCUT2D eigenvalue weighted by Crippen LogP contribution is 2.24. The monoisotopic (exact) mass is 307 g/mol. The highest BCUT2D eigenvalue weighted by molar-refractivity contribution is 5.88. The molecule has 0 unspecified atom stereocenters. The maximum atomic E-state index is 12.1. The van der Waals surface area contributed by atoms with E-state index in [0.717, 1.165) is 0 Å². The molecule has 2 amide bonds. The summed E-state index contributed by atoms with van der Waals surface area (Å²) < 4.78 is 15.6. The van der Waals surface area contributed by atoms with Gasteiger partial charge in [-0.15, -0.1) is 0 Å². The van der Waals surface area contributed by atoms with E-state index in [1.807, 2.05) is 20.8 Å². The summed E-state index contributed by atoms with van der Waals surface area (Å²) >= 11 is 0. The molecule has 0 saturated carbocycles. The molecule has 0 radical (unpaired) electrons. The fourth-order valence-corrected chi connectivity index (χ4v) is 1.85. The largest absolute Gasteiger partial charge is 0.467 e. The molecule has 0 aliphatic rings. The normalized spacial score (nSPS) is 12.9. The van der Waals surface area contributed by atoms with E-state index in [1.54, 1.807) is 31.6 Å². The van der Waals surface area contributed by atoms with Crippen LogP contribution < -0.4 is 10.6 Å². The van der Waals surface area contributed by atoms with Crippen molar-refractivity contribution >= 4 is 11.8 Å². The van der Waals surface area contributed by atoms with Crippen molar-refractivity contribution in [2.75, 3.05) is 19.0 Å². The number of methoxy groups -OCH3 is 1. The third-order valence-electron chi connectivity index (χ3n) is 3.02. The minimum absolute atomic E-state index is 0.170. The number of hydrogen-bond acceptors (Lipinski definition) is 5. The molecule has 0 aliphatic heterocycles. The Kier molecular flexibility index (Phi) is 4.87. The van der Waals surface area contributed by atoms with Crippen molar-refractivity contribution in [3.8, 4) is 0 Å². The van der Waals surface area contributed by atoms with Crippen LogP contribution in [0, 0.1) is 0 Å². The lowest BCUT2D eigenvalue weighted by atomic mass is 9.93. The van der Waals surface area contributed by atoms with Gasteiger partial charge in [-0.2, -0.15) is 0 Å². The van der Waals surface area contributed by atoms with Crippen LogP contribution in [0.5, 0.6) is 0 Å². The van der Waals surface area contributed by atoms with Gasteiger partial charge in [0.25, 0.3) is 0 Å². The van der Waals surface area contributed by atoms with E-state index >= 15 is 0 Å². The number of nitrogens with zero attached hydrogens (tertiary/aromatic N) is 1. The molecular weight excluding hydrogens is 286 g/mol. The van der Waals surface area contributed by atoms with Crippen LogP contribution in [-0.2, 0) is 10.2 Å². The van der Waals surface area contributed by atoms with E-state index in [-0.39, 0.29) is 11.5 Å². The Morgan fingerprint density at radius 2 is 2.23 bits per heavy atom. The van der Waals surface area contributed by atoms with Crippen molar-refractivity contribution in [1.82, 2.24) is 10.5 Å². The molecule has 7 nitrogen and oxygen atoms in total. The molecule has 0 spiro atoms. The average molecular weight is 307 g/mol. The average Bonchev–Trinajstić information content (AvgIpc) is 3.08. The number of anilines is 1. The molecule has 2 N–H and O–H groups in total. The van der Waals surface area contributed by atoms with Crippen LogP contribution in [0.2, 0.25) is 0 Å². The predicted molar refractivity (Wildman–Crippen MR) is 80.7 cm³/mol. The van der Waals surface area contributed by atoms with E-state index in [4.69, 9.17) is 13.7 Å². The van der Waals surface area contributed by atoms with Crippen molar-refractivity contribution in [3.63, 3.8) is 0 Å². The van der Waals surface area contributed by atoms with Crippen molar-refractivity contribution in [3.05, 3.63) is 36.0 Å². The molecule has 120 valence electrons. The van der Waals surface area contributed by atoms with Crippen LogP contribution in [0.25, 0.3) is 0 Å². The number of ether oxygens (including phenoxy) is 1. The third-order valence-corrected chi connectivity index (χ3v) is 3.02. The lowest BCUT2D eigenvalue weighted by molar-refractivity contribution is 0.159. The number of urea groups is 1. The van der Waals surface area contributed by atoms with Gasteiger partial charge in [-0.3, -0.25) is 5.32 Å². The van der Waals surface area contributed by atoms with Crippen molar-refractivity contribution in [1.29, 1.82) is 0 Å². The molecule has 0 aliphatic carbocycles. The van der Waals surface area contributed by atoms with E-state index in [2.05, 4.69) is 15.8 Å². The molecule has 0 saturated heterocycles. The molecule has 0 aromatic carbocycles. The number of carbonyl (C=O) groups excluding carboxylic acids is 1. The fourth-order valence-electron chi connectivity index (χ4n) is 1.85. The van der Waals surface area contributed by atoms with Gasteiger partial charge in [-0.05, 0) is 12.1 Å². The Balaban J connectivity index is 1.98. The second kappa shape index (κ2) is 6.65. The van der Waals surface area contributed by atoms with Gasteiger partial charge >= 0.3 is 6.03 Å². The van der Waals surface area contributed by atoms with E-state index in [1.165, 1.54) is 0 Å². The van der Waals surface area contributed by atoms with Crippen LogP contribution in [0.4, 0.5) is 10.6 Å². The van der Waals surface area contributed by atoms with Gasteiger partial charge in [0.2, 0.25) is 0 Å². The summed E-state index contributed by atoms with van der Waals surface area (Å²) in [4.78, 5) is 12.1. The summed E-state index contributed by atoms with van der Waals surface area (Å²) in [6, 6.07) is 4.45. The second-order valence-electron chi connectivity index (χ2n) is 5.95. The Morgan fingerprint density at radius 1 is 1.45 bits per heavy atom. The zero-order chi connectivity index (χ0) is 16.2. The van der Waals surface area contributed by atoms with E-state index < -0.39 is 6.03 Å². The van der Waals surface area contributed by atoms with Crippen LogP contribution >= 0.6 is 0 Å². The zero-order valence-electron chi connectivity index (χ0n) is 13.2. The molecule has 2 aromatic rings. The van der Waals surface area contributed by atoms with Gasteiger partial charge in [0.15, 0.2) is 5.82 Å². The Labute approximate surface area is 129 Å². The fraction of sp³-hybridized carbons (Fsp3) is 0.467. The topological polar surface area (TPSA) is 89.5 Å². The zero-order valence-corrected chi connectivity index (χ0v) is 13.2. The summed E-state index contributed by atoms with van der Waals surface area (Å²) in [6.07, 6.45) is 1.55. The first-order valence-electron chi connectivity index (χ1n) is 6.97. The first-order valence-corrected chi connectivity index (χ1v) is 6.97. The van der Waals surface area contributed by atoms with Gasteiger partial charge in [0.1, 0.15) is 17.6 Å². The lowest BCUT2D eigenvalue weighted by Gasteiger charge is -2.15. The van der Waals surface area contributed by atoms with Crippen LogP contribution in [0.1, 0.15) is 38.3 Å². The second-order valence-corrected chi connectivity index (χ2v) is 5.95. The van der Waals surface area contributed by atoms with Gasteiger partial charge < -0.3 is 19.0 Å². The predicted octanol–water partition coefficient (Wildman–Crippen LogP) is 3.07. The quantitative estimate of drug-likeness (QED) is 0.886. The van der Waals surface area contributed by atoms with Crippen molar-refractivity contribution < 1.29 is 18.5 Å². The molecule has 0 bridgehead atoms. The summed E-state index contributed by atoms with van der Waals surface area (Å²) in [7, 11) is 1.56. The Hall–Kier alpha value is -2.28. The molecule has 2 aromatic heterocycles. The van der Waals surface area contributed by atoms with E-state index in [9.17, 15) is 4.79 Å². The van der Waals surface area contributed by atoms with Gasteiger partial charge in [-0.1, -0.05) is 25.9 Å². The highest BCUT2D eigenvalue weighted by atomic mass is 16.5. The van der Waals surface area contributed by atoms with Crippen LogP contribution in [0.3, 0.4) is 0 Å². The maximum absolute atomic E-state index is 12.1. The van der Waals surface area contributed by atoms with Gasteiger partial charge in [0.05, 0.1) is 12.9 Å². The number of nitrogens with one attached hydrogen (secondary N) is 2. The van der Waals surface area contributed by atoms with Gasteiger partial charge in [-0.25, -0.2) is 4.79 Å². The van der Waals surface area contributed by atoms with Crippen molar-refractivity contribution in [2.45, 2.75) is 32.2 Å². The lowest BCUT2D eigenvalue weighted by Crippen LogP contribution is -2.34. The SMILES string of the molecule is COC[C@@H](NC(=O)Nc1cc(C(C)(C)C)on1)c1ccco1. The molecule has 7 heteroatoms. The molecule has 2 rings (SSSR count).